The first-order valence-electron chi connectivity index (χ1n) is 9.42. The summed E-state index contributed by atoms with van der Waals surface area (Å²) in [5.74, 6) is 2.18. The number of hydrogen-bond donors (Lipinski definition) is 3. The summed E-state index contributed by atoms with van der Waals surface area (Å²) >= 11 is 0. The Balaban J connectivity index is 0.00000364. The van der Waals surface area contributed by atoms with Gasteiger partial charge < -0.3 is 25.2 Å². The quantitative estimate of drug-likeness (QED) is 0.282. The van der Waals surface area contributed by atoms with Crippen molar-refractivity contribution in [1.29, 1.82) is 0 Å². The van der Waals surface area contributed by atoms with Crippen LogP contribution in [0.15, 0.2) is 29.3 Å². The molecule has 6 nitrogen and oxygen atoms in total. The second kappa shape index (κ2) is 12.4. The molecule has 3 N–H and O–H groups in total. The number of aliphatic hydroxyl groups is 1. The molecule has 1 aliphatic heterocycles. The lowest BCUT2D eigenvalue weighted by atomic mass is 9.84. The number of halogens is 1. The van der Waals surface area contributed by atoms with Gasteiger partial charge in [0.25, 0.3) is 0 Å². The van der Waals surface area contributed by atoms with Crippen LogP contribution in [0.2, 0.25) is 0 Å². The lowest BCUT2D eigenvalue weighted by molar-refractivity contribution is 0.127. The van der Waals surface area contributed by atoms with Crippen molar-refractivity contribution < 1.29 is 14.6 Å². The van der Waals surface area contributed by atoms with Crippen LogP contribution in [0.25, 0.3) is 0 Å². The van der Waals surface area contributed by atoms with Crippen molar-refractivity contribution in [2.24, 2.45) is 16.3 Å². The van der Waals surface area contributed by atoms with Gasteiger partial charge in [-0.05, 0) is 36.5 Å². The molecule has 7 heteroatoms. The molecule has 1 fully saturated rings. The largest absolute Gasteiger partial charge is 0.493 e. The fourth-order valence-electron chi connectivity index (χ4n) is 2.96. The second-order valence-corrected chi connectivity index (χ2v) is 7.40. The van der Waals surface area contributed by atoms with E-state index in [0.29, 0.717) is 19.1 Å². The maximum absolute atomic E-state index is 9.32. The third kappa shape index (κ3) is 8.23. The fourth-order valence-corrected chi connectivity index (χ4v) is 2.96. The Hall–Kier alpha value is -1.06. The number of ether oxygens (including phenoxy) is 2. The molecule has 0 radical (unpaired) electrons. The molecule has 0 bridgehead atoms. The van der Waals surface area contributed by atoms with E-state index in [-0.39, 0.29) is 36.0 Å². The summed E-state index contributed by atoms with van der Waals surface area (Å²) in [4.78, 5) is 4.29. The van der Waals surface area contributed by atoms with Gasteiger partial charge in [-0.15, -0.1) is 24.0 Å². The normalized spacial score (nSPS) is 19.7. The smallest absolute Gasteiger partial charge is 0.191 e. The molecule has 1 aliphatic rings. The van der Waals surface area contributed by atoms with E-state index in [2.05, 4.69) is 41.6 Å². The van der Waals surface area contributed by atoms with E-state index in [1.165, 1.54) is 5.56 Å². The van der Waals surface area contributed by atoms with Crippen LogP contribution in [0, 0.1) is 11.3 Å². The summed E-state index contributed by atoms with van der Waals surface area (Å²) in [5.41, 5.74) is 1.17. The van der Waals surface area contributed by atoms with Gasteiger partial charge in [-0.3, -0.25) is 4.99 Å². The molecule has 1 atom stereocenters. The number of nitrogens with one attached hydrogen (secondary N) is 2. The first-order chi connectivity index (χ1) is 12.6. The molecule has 154 valence electrons. The molecular weight excluding hydrogens is 457 g/mol. The average molecular weight is 491 g/mol. The predicted octanol–water partition coefficient (Wildman–Crippen LogP) is 2.79. The van der Waals surface area contributed by atoms with Crippen molar-refractivity contribution in [1.82, 2.24) is 10.6 Å². The average Bonchev–Trinajstić information content (AvgIpc) is 3.10. The van der Waals surface area contributed by atoms with Gasteiger partial charge in [0.05, 0.1) is 13.2 Å². The Bertz CT molecular complexity index is 558. The zero-order chi connectivity index (χ0) is 18.8. The zero-order valence-corrected chi connectivity index (χ0v) is 19.0. The third-order valence-electron chi connectivity index (χ3n) is 4.65. The van der Waals surface area contributed by atoms with Crippen LogP contribution in [0.3, 0.4) is 0 Å². The van der Waals surface area contributed by atoms with Gasteiger partial charge in [0.15, 0.2) is 5.96 Å². The number of hydrogen-bond acceptors (Lipinski definition) is 4. The zero-order valence-electron chi connectivity index (χ0n) is 16.7. The van der Waals surface area contributed by atoms with Gasteiger partial charge >= 0.3 is 0 Å². The minimum Gasteiger partial charge on any atom is -0.493 e. The van der Waals surface area contributed by atoms with Crippen molar-refractivity contribution in [3.05, 3.63) is 29.8 Å². The van der Waals surface area contributed by atoms with Crippen LogP contribution < -0.4 is 15.4 Å². The van der Waals surface area contributed by atoms with Crippen molar-refractivity contribution in [2.45, 2.75) is 33.2 Å². The van der Waals surface area contributed by atoms with Gasteiger partial charge in [-0.2, -0.15) is 0 Å². The Morgan fingerprint density at radius 3 is 2.59 bits per heavy atom. The summed E-state index contributed by atoms with van der Waals surface area (Å²) < 4.78 is 11.2. The fraction of sp³-hybridized carbons (Fsp3) is 0.650. The summed E-state index contributed by atoms with van der Waals surface area (Å²) in [6.45, 7) is 8.07. The second-order valence-electron chi connectivity index (χ2n) is 7.40. The number of nitrogens with zero attached hydrogens (tertiary/aromatic N) is 1. The molecule has 2 rings (SSSR count). The monoisotopic (exact) mass is 491 g/mol. The highest BCUT2D eigenvalue weighted by molar-refractivity contribution is 14.0. The highest BCUT2D eigenvalue weighted by atomic mass is 127. The number of aliphatic imine (C=N–C) groups is 1. The maximum atomic E-state index is 9.32. The predicted molar refractivity (Wildman–Crippen MR) is 120 cm³/mol. The van der Waals surface area contributed by atoms with Crippen LogP contribution in [0.1, 0.15) is 32.3 Å². The van der Waals surface area contributed by atoms with Crippen LogP contribution in [0.4, 0.5) is 0 Å². The Kier molecular flexibility index (Phi) is 11.0. The molecule has 0 saturated carbocycles. The molecule has 27 heavy (non-hydrogen) atoms. The van der Waals surface area contributed by atoms with Crippen molar-refractivity contribution in [3.63, 3.8) is 0 Å². The molecule has 0 amide bonds. The van der Waals surface area contributed by atoms with E-state index in [0.717, 1.165) is 44.3 Å². The molecule has 1 unspecified atom stereocenters. The van der Waals surface area contributed by atoms with Crippen LogP contribution in [-0.2, 0) is 11.3 Å². The Morgan fingerprint density at radius 1 is 1.30 bits per heavy atom. The molecule has 0 aliphatic carbocycles. The minimum absolute atomic E-state index is 0. The first-order valence-corrected chi connectivity index (χ1v) is 9.42. The summed E-state index contributed by atoms with van der Waals surface area (Å²) in [5, 5.41) is 16.0. The van der Waals surface area contributed by atoms with Crippen LogP contribution in [-0.4, -0.2) is 51.1 Å². The van der Waals surface area contributed by atoms with E-state index in [4.69, 9.17) is 9.47 Å². The van der Waals surface area contributed by atoms with E-state index in [1.807, 2.05) is 12.1 Å². The molecule has 1 heterocycles. The van der Waals surface area contributed by atoms with Gasteiger partial charge in [0, 0.05) is 38.8 Å². The first kappa shape index (κ1) is 24.0. The number of guanidine groups is 1. The summed E-state index contributed by atoms with van der Waals surface area (Å²) in [7, 11) is 1.77. The lowest BCUT2D eigenvalue weighted by Gasteiger charge is -2.27. The van der Waals surface area contributed by atoms with E-state index >= 15 is 0 Å². The summed E-state index contributed by atoms with van der Waals surface area (Å²) in [6, 6.07) is 8.13. The van der Waals surface area contributed by atoms with Crippen LogP contribution in [0.5, 0.6) is 5.75 Å². The Labute approximate surface area is 180 Å². The minimum atomic E-state index is 0. The van der Waals surface area contributed by atoms with Crippen molar-refractivity contribution in [3.8, 4) is 5.75 Å². The Morgan fingerprint density at radius 2 is 2.04 bits per heavy atom. The van der Waals surface area contributed by atoms with Crippen LogP contribution >= 0.6 is 24.0 Å². The van der Waals surface area contributed by atoms with Gasteiger partial charge in [-0.25, -0.2) is 0 Å². The molecule has 1 saturated heterocycles. The topological polar surface area (TPSA) is 75.1 Å². The van der Waals surface area contributed by atoms with Gasteiger partial charge in [0.2, 0.25) is 0 Å². The maximum Gasteiger partial charge on any atom is 0.191 e. The van der Waals surface area contributed by atoms with E-state index in [9.17, 15) is 5.11 Å². The molecule has 0 spiro atoms. The third-order valence-corrected chi connectivity index (χ3v) is 4.65. The van der Waals surface area contributed by atoms with Crippen molar-refractivity contribution >= 4 is 29.9 Å². The van der Waals surface area contributed by atoms with E-state index in [1.54, 1.807) is 7.05 Å². The lowest BCUT2D eigenvalue weighted by Crippen LogP contribution is -2.44. The van der Waals surface area contributed by atoms with Gasteiger partial charge in [-0.1, -0.05) is 26.0 Å². The number of aliphatic hydroxyl groups excluding tert-OH is 1. The van der Waals surface area contributed by atoms with E-state index < -0.39 is 0 Å². The molecule has 0 aromatic heterocycles. The standard InChI is InChI=1S/C20H33N3O3.HI/c1-16(2)13-26-18-6-4-17(5-7-18)12-22-19(21-3)23-14-20(8-10-24)9-11-25-15-20;/h4-7,16,24H,8-15H2,1-3H3,(H2,21,22,23);1H. The molecule has 1 aromatic rings. The SMILES string of the molecule is CN=C(NCc1ccc(OCC(C)C)cc1)NCC1(CCO)CCOC1.I. The summed E-state index contributed by atoms with van der Waals surface area (Å²) in [6.07, 6.45) is 1.71. The van der Waals surface area contributed by atoms with Gasteiger partial charge in [0.1, 0.15) is 5.75 Å². The van der Waals surface area contributed by atoms with Crippen molar-refractivity contribution in [2.75, 3.05) is 40.0 Å². The molecule has 1 aromatic carbocycles. The number of benzene rings is 1. The highest BCUT2D eigenvalue weighted by Gasteiger charge is 2.34. The number of rotatable bonds is 9. The highest BCUT2D eigenvalue weighted by Crippen LogP contribution is 2.31. The molecular formula is C20H34IN3O3.